The molecule has 2 saturated heterocycles. The number of rotatable bonds is 6. The third-order valence-corrected chi connectivity index (χ3v) is 8.60. The number of benzene rings is 1. The van der Waals surface area contributed by atoms with E-state index in [1.165, 1.54) is 28.4 Å². The first kappa shape index (κ1) is 22.6. The Hall–Kier alpha value is -2.57. The number of amides is 2. The number of carbonyl (C=O) groups excluding carboxylic acids is 2. The number of methoxy groups -OCH3 is 1. The molecule has 1 aromatic carbocycles. The Labute approximate surface area is 186 Å². The molecule has 3 aliphatic rings. The van der Waals surface area contributed by atoms with Crippen molar-refractivity contribution in [2.75, 3.05) is 40.0 Å². The van der Waals surface area contributed by atoms with Crippen LogP contribution in [0.4, 0.5) is 5.69 Å². The molecule has 11 nitrogen and oxygen atoms in total. The van der Waals surface area contributed by atoms with Crippen LogP contribution in [0.1, 0.15) is 32.1 Å². The van der Waals surface area contributed by atoms with E-state index in [0.717, 1.165) is 31.7 Å². The van der Waals surface area contributed by atoms with Crippen LogP contribution in [0.5, 0.6) is 5.75 Å². The normalized spacial score (nSPS) is 22.1. The van der Waals surface area contributed by atoms with E-state index in [1.807, 2.05) is 4.90 Å². The molecule has 0 radical (unpaired) electrons. The van der Waals surface area contributed by atoms with Gasteiger partial charge in [-0.3, -0.25) is 29.5 Å². The van der Waals surface area contributed by atoms with Gasteiger partial charge in [0.15, 0.2) is 5.75 Å². The first-order chi connectivity index (χ1) is 15.2. The number of hydrogen-bond donors (Lipinski definition) is 0. The molecule has 2 aliphatic heterocycles. The number of likely N-dealkylation sites (tertiary alicyclic amines) is 1. The van der Waals surface area contributed by atoms with Crippen molar-refractivity contribution in [1.82, 2.24) is 14.1 Å². The lowest BCUT2D eigenvalue weighted by Gasteiger charge is -2.35. The van der Waals surface area contributed by atoms with E-state index in [1.54, 1.807) is 0 Å². The zero-order valence-corrected chi connectivity index (χ0v) is 18.7. The first-order valence-electron chi connectivity index (χ1n) is 10.6. The molecular weight excluding hydrogens is 440 g/mol. The quantitative estimate of drug-likeness (QED) is 0.347. The van der Waals surface area contributed by atoms with Crippen LogP contribution in [-0.4, -0.2) is 79.2 Å². The molecule has 0 atom stereocenters. The lowest BCUT2D eigenvalue weighted by Crippen LogP contribution is -2.52. The number of piperazine rings is 1. The van der Waals surface area contributed by atoms with Crippen molar-refractivity contribution in [2.24, 2.45) is 5.41 Å². The van der Waals surface area contributed by atoms with Gasteiger partial charge in [-0.2, -0.15) is 4.31 Å². The second kappa shape index (κ2) is 8.41. The van der Waals surface area contributed by atoms with Crippen LogP contribution < -0.4 is 4.74 Å². The van der Waals surface area contributed by atoms with Gasteiger partial charge in [0.1, 0.15) is 0 Å². The molecule has 3 fully saturated rings. The van der Waals surface area contributed by atoms with Crippen LogP contribution in [0.15, 0.2) is 23.1 Å². The van der Waals surface area contributed by atoms with Crippen molar-refractivity contribution in [1.29, 1.82) is 0 Å². The monoisotopic (exact) mass is 466 g/mol. The fourth-order valence-corrected chi connectivity index (χ4v) is 6.32. The second-order valence-corrected chi connectivity index (χ2v) is 10.5. The summed E-state index contributed by atoms with van der Waals surface area (Å²) in [6.45, 7) is 1.18. The van der Waals surface area contributed by atoms with E-state index in [-0.39, 0.29) is 48.6 Å². The molecule has 0 bridgehead atoms. The summed E-state index contributed by atoms with van der Waals surface area (Å²) in [5.41, 5.74) is -0.940. The highest BCUT2D eigenvalue weighted by molar-refractivity contribution is 7.89. The average molecular weight is 467 g/mol. The van der Waals surface area contributed by atoms with Gasteiger partial charge in [-0.05, 0) is 25.0 Å². The lowest BCUT2D eigenvalue weighted by molar-refractivity contribution is -0.386. The van der Waals surface area contributed by atoms with Gasteiger partial charge < -0.3 is 4.74 Å². The summed E-state index contributed by atoms with van der Waals surface area (Å²) >= 11 is 0. The molecule has 4 rings (SSSR count). The standard InChI is InChI=1S/C20H26N4O7S/c1-31-17-5-4-15(12-16(17)24(27)28)32(29,30)22-10-8-21(9-11-22)14-23-18(25)13-20(19(23)26)6-2-3-7-20/h4-5,12H,2-3,6-11,13-14H2,1H3. The van der Waals surface area contributed by atoms with Crippen molar-refractivity contribution in [3.63, 3.8) is 0 Å². The highest BCUT2D eigenvalue weighted by Gasteiger charge is 2.52. The molecular formula is C20H26N4O7S. The van der Waals surface area contributed by atoms with Crippen molar-refractivity contribution >= 4 is 27.5 Å². The van der Waals surface area contributed by atoms with Crippen LogP contribution in [0.3, 0.4) is 0 Å². The van der Waals surface area contributed by atoms with E-state index in [4.69, 9.17) is 4.74 Å². The number of nitro benzene ring substituents is 1. The van der Waals surface area contributed by atoms with Crippen LogP contribution in [0.25, 0.3) is 0 Å². The summed E-state index contributed by atoms with van der Waals surface area (Å²) in [5.74, 6) is -0.267. The number of imide groups is 1. The zero-order chi connectivity index (χ0) is 23.1. The van der Waals surface area contributed by atoms with Crippen molar-refractivity contribution in [3.05, 3.63) is 28.3 Å². The lowest BCUT2D eigenvalue weighted by atomic mass is 9.85. The molecule has 174 valence electrons. The van der Waals surface area contributed by atoms with Crippen LogP contribution >= 0.6 is 0 Å². The zero-order valence-electron chi connectivity index (χ0n) is 17.9. The summed E-state index contributed by atoms with van der Waals surface area (Å²) < 4.78 is 32.2. The van der Waals surface area contributed by atoms with Gasteiger partial charge in [-0.1, -0.05) is 12.8 Å². The summed E-state index contributed by atoms with van der Waals surface area (Å²) in [7, 11) is -2.66. The maximum absolute atomic E-state index is 13.0. The van der Waals surface area contributed by atoms with E-state index in [9.17, 15) is 28.1 Å². The van der Waals surface area contributed by atoms with Gasteiger partial charge in [0.2, 0.25) is 21.8 Å². The molecule has 2 heterocycles. The van der Waals surface area contributed by atoms with Crippen molar-refractivity contribution in [2.45, 2.75) is 37.0 Å². The van der Waals surface area contributed by atoms with Gasteiger partial charge in [0.05, 0.1) is 29.0 Å². The van der Waals surface area contributed by atoms with Crippen molar-refractivity contribution in [3.8, 4) is 5.75 Å². The van der Waals surface area contributed by atoms with Crippen LogP contribution in [-0.2, 0) is 19.6 Å². The topological polar surface area (TPSA) is 130 Å². The van der Waals surface area contributed by atoms with E-state index >= 15 is 0 Å². The molecule has 1 aliphatic carbocycles. The molecule has 1 saturated carbocycles. The number of carbonyl (C=O) groups is 2. The maximum Gasteiger partial charge on any atom is 0.312 e. The highest BCUT2D eigenvalue weighted by Crippen LogP contribution is 2.46. The van der Waals surface area contributed by atoms with E-state index in [2.05, 4.69) is 0 Å². The fraction of sp³-hybridized carbons (Fsp3) is 0.600. The van der Waals surface area contributed by atoms with Crippen LogP contribution in [0, 0.1) is 15.5 Å². The predicted octanol–water partition coefficient (Wildman–Crippen LogP) is 1.19. The molecule has 2 amide bonds. The number of nitrogens with zero attached hydrogens (tertiary/aromatic N) is 4. The summed E-state index contributed by atoms with van der Waals surface area (Å²) in [4.78, 5) is 38.9. The number of sulfonamides is 1. The molecule has 0 aromatic heterocycles. The summed E-state index contributed by atoms with van der Waals surface area (Å²) in [6.07, 6.45) is 3.72. The number of hydrogen-bond acceptors (Lipinski definition) is 8. The third kappa shape index (κ3) is 3.86. The Morgan fingerprint density at radius 2 is 1.78 bits per heavy atom. The number of ether oxygens (including phenoxy) is 1. The van der Waals surface area contributed by atoms with E-state index in [0.29, 0.717) is 13.1 Å². The summed E-state index contributed by atoms with van der Waals surface area (Å²) in [5, 5.41) is 11.2. The van der Waals surface area contributed by atoms with E-state index < -0.39 is 26.0 Å². The number of nitro groups is 1. The second-order valence-electron chi connectivity index (χ2n) is 8.55. The first-order valence-corrected chi connectivity index (χ1v) is 12.0. The fourth-order valence-electron chi connectivity index (χ4n) is 4.88. The van der Waals surface area contributed by atoms with Crippen molar-refractivity contribution < 1.29 is 27.7 Å². The summed E-state index contributed by atoms with van der Waals surface area (Å²) in [6, 6.07) is 3.56. The molecule has 0 N–H and O–H groups in total. The van der Waals surface area contributed by atoms with Gasteiger partial charge in [-0.25, -0.2) is 8.42 Å². The maximum atomic E-state index is 13.0. The Balaban J connectivity index is 1.41. The Morgan fingerprint density at radius 1 is 1.12 bits per heavy atom. The Kier molecular flexibility index (Phi) is 5.94. The minimum atomic E-state index is -3.93. The molecule has 32 heavy (non-hydrogen) atoms. The third-order valence-electron chi connectivity index (χ3n) is 6.71. The van der Waals surface area contributed by atoms with Gasteiger partial charge in [0, 0.05) is 38.7 Å². The molecule has 1 aromatic rings. The highest BCUT2D eigenvalue weighted by atomic mass is 32.2. The minimum Gasteiger partial charge on any atom is -0.490 e. The van der Waals surface area contributed by atoms with Crippen LogP contribution in [0.2, 0.25) is 0 Å². The largest absolute Gasteiger partial charge is 0.490 e. The van der Waals surface area contributed by atoms with Gasteiger partial charge >= 0.3 is 5.69 Å². The Bertz CT molecular complexity index is 1040. The average Bonchev–Trinajstić information content (AvgIpc) is 3.34. The molecule has 0 unspecified atom stereocenters. The van der Waals surface area contributed by atoms with Gasteiger partial charge in [0.25, 0.3) is 0 Å². The minimum absolute atomic E-state index is 0.0150. The Morgan fingerprint density at radius 3 is 2.38 bits per heavy atom. The molecule has 1 spiro atoms. The molecule has 12 heteroatoms. The predicted molar refractivity (Wildman–Crippen MR) is 112 cm³/mol. The van der Waals surface area contributed by atoms with Gasteiger partial charge in [-0.15, -0.1) is 0 Å². The smallest absolute Gasteiger partial charge is 0.312 e. The SMILES string of the molecule is COc1ccc(S(=O)(=O)N2CCN(CN3C(=O)CC4(CCCC4)C3=O)CC2)cc1[N+](=O)[O-].